The number of anilines is 2. The number of amides is 1. The lowest BCUT2D eigenvalue weighted by Crippen LogP contribution is -2.11. The Kier molecular flexibility index (Phi) is 4.63. The molecule has 0 fully saturated rings. The highest BCUT2D eigenvalue weighted by Crippen LogP contribution is 2.28. The molecule has 0 aliphatic carbocycles. The molecular formula is C16H21N3OS. The van der Waals surface area contributed by atoms with Crippen LogP contribution in [0.3, 0.4) is 0 Å². The summed E-state index contributed by atoms with van der Waals surface area (Å²) in [4.78, 5) is 17.0. The molecule has 1 aromatic heterocycles. The maximum absolute atomic E-state index is 11.2. The van der Waals surface area contributed by atoms with E-state index in [1.165, 1.54) is 11.8 Å². The van der Waals surface area contributed by atoms with E-state index in [-0.39, 0.29) is 11.9 Å². The van der Waals surface area contributed by atoms with E-state index in [1.54, 1.807) is 11.3 Å². The lowest BCUT2D eigenvalue weighted by Gasteiger charge is -2.17. The van der Waals surface area contributed by atoms with E-state index >= 15 is 0 Å². The average Bonchev–Trinajstić information content (AvgIpc) is 2.72. The fourth-order valence-corrected chi connectivity index (χ4v) is 3.22. The minimum absolute atomic E-state index is 0.0659. The molecule has 0 radical (unpaired) electrons. The van der Waals surface area contributed by atoms with Gasteiger partial charge in [0.1, 0.15) is 0 Å². The normalized spacial score (nSPS) is 12.0. The van der Waals surface area contributed by atoms with Crippen LogP contribution in [0.1, 0.15) is 41.0 Å². The maximum Gasteiger partial charge on any atom is 0.221 e. The third kappa shape index (κ3) is 3.82. The zero-order valence-corrected chi connectivity index (χ0v) is 13.9. The monoisotopic (exact) mass is 303 g/mol. The Bertz CT molecular complexity index is 664. The molecule has 112 valence electrons. The summed E-state index contributed by atoms with van der Waals surface area (Å²) < 4.78 is 0. The van der Waals surface area contributed by atoms with Crippen molar-refractivity contribution in [3.05, 3.63) is 39.3 Å². The van der Waals surface area contributed by atoms with Gasteiger partial charge in [-0.25, -0.2) is 4.98 Å². The van der Waals surface area contributed by atoms with Crippen LogP contribution in [0.25, 0.3) is 0 Å². The summed E-state index contributed by atoms with van der Waals surface area (Å²) in [5, 5.41) is 7.38. The summed E-state index contributed by atoms with van der Waals surface area (Å²) in [5.41, 5.74) is 4.04. The fourth-order valence-electron chi connectivity index (χ4n) is 2.31. The summed E-state index contributed by atoms with van der Waals surface area (Å²) in [5.74, 6) is -0.0659. The number of thiazole rings is 1. The Balaban J connectivity index is 2.22. The number of carbonyl (C=O) groups excluding carboxylic acids is 1. The number of hydrogen-bond acceptors (Lipinski definition) is 4. The third-order valence-corrected chi connectivity index (χ3v) is 4.18. The highest BCUT2D eigenvalue weighted by molar-refractivity contribution is 7.11. The van der Waals surface area contributed by atoms with E-state index < -0.39 is 0 Å². The smallest absolute Gasteiger partial charge is 0.221 e. The molecule has 0 spiro atoms. The Labute approximate surface area is 129 Å². The number of aromatic nitrogens is 1. The standard InChI is InChI=1S/C16H21N3OS/c1-9-6-7-14(18-12(4)20)8-15(9)17-10(2)16-11(3)21-13(5)19-16/h6-8,10,17H,1-5H3,(H,18,20). The van der Waals surface area contributed by atoms with Crippen molar-refractivity contribution in [2.75, 3.05) is 10.6 Å². The van der Waals surface area contributed by atoms with Gasteiger partial charge in [0, 0.05) is 23.2 Å². The number of carbonyl (C=O) groups is 1. The van der Waals surface area contributed by atoms with E-state index in [2.05, 4.69) is 29.5 Å². The molecule has 1 heterocycles. The predicted octanol–water partition coefficient (Wildman–Crippen LogP) is 4.20. The topological polar surface area (TPSA) is 54.0 Å². The van der Waals surface area contributed by atoms with Crippen LogP contribution < -0.4 is 10.6 Å². The number of benzene rings is 1. The quantitative estimate of drug-likeness (QED) is 0.890. The van der Waals surface area contributed by atoms with Crippen molar-refractivity contribution in [2.24, 2.45) is 0 Å². The van der Waals surface area contributed by atoms with Crippen molar-refractivity contribution in [1.82, 2.24) is 4.98 Å². The Morgan fingerprint density at radius 2 is 2.00 bits per heavy atom. The van der Waals surface area contributed by atoms with Gasteiger partial charge in [0.2, 0.25) is 5.91 Å². The van der Waals surface area contributed by atoms with Gasteiger partial charge in [-0.3, -0.25) is 4.79 Å². The first kappa shape index (κ1) is 15.5. The lowest BCUT2D eigenvalue weighted by atomic mass is 10.1. The minimum Gasteiger partial charge on any atom is -0.377 e. The molecule has 2 rings (SSSR count). The molecule has 0 aliphatic heterocycles. The van der Waals surface area contributed by atoms with E-state index in [0.29, 0.717) is 0 Å². The zero-order chi connectivity index (χ0) is 15.6. The lowest BCUT2D eigenvalue weighted by molar-refractivity contribution is -0.114. The van der Waals surface area contributed by atoms with Gasteiger partial charge >= 0.3 is 0 Å². The summed E-state index contributed by atoms with van der Waals surface area (Å²) in [6.07, 6.45) is 0. The number of hydrogen-bond donors (Lipinski definition) is 2. The molecule has 2 aromatic rings. The first-order chi connectivity index (χ1) is 9.86. The van der Waals surface area contributed by atoms with Gasteiger partial charge in [-0.2, -0.15) is 0 Å². The molecule has 4 nitrogen and oxygen atoms in total. The molecule has 1 unspecified atom stereocenters. The van der Waals surface area contributed by atoms with Crippen molar-refractivity contribution in [3.8, 4) is 0 Å². The van der Waals surface area contributed by atoms with Crippen molar-refractivity contribution in [2.45, 2.75) is 40.7 Å². The third-order valence-electron chi connectivity index (χ3n) is 3.28. The molecule has 1 atom stereocenters. The van der Waals surface area contributed by atoms with Crippen molar-refractivity contribution < 1.29 is 4.79 Å². The van der Waals surface area contributed by atoms with Gasteiger partial charge in [-0.1, -0.05) is 6.07 Å². The SMILES string of the molecule is CC(=O)Nc1ccc(C)c(NC(C)c2nc(C)sc2C)c1. The average molecular weight is 303 g/mol. The van der Waals surface area contributed by atoms with Crippen LogP contribution >= 0.6 is 11.3 Å². The number of aryl methyl sites for hydroxylation is 3. The van der Waals surface area contributed by atoms with Crippen LogP contribution in [0.2, 0.25) is 0 Å². The molecule has 0 saturated carbocycles. The van der Waals surface area contributed by atoms with Crippen LogP contribution in [0.5, 0.6) is 0 Å². The molecule has 2 N–H and O–H groups in total. The Morgan fingerprint density at radius 3 is 2.57 bits per heavy atom. The number of nitrogens with zero attached hydrogens (tertiary/aromatic N) is 1. The van der Waals surface area contributed by atoms with Crippen LogP contribution in [-0.4, -0.2) is 10.9 Å². The van der Waals surface area contributed by atoms with Crippen molar-refractivity contribution >= 4 is 28.6 Å². The van der Waals surface area contributed by atoms with Gasteiger partial charge < -0.3 is 10.6 Å². The molecule has 1 aromatic carbocycles. The zero-order valence-electron chi connectivity index (χ0n) is 13.1. The molecule has 0 bridgehead atoms. The Morgan fingerprint density at radius 1 is 1.29 bits per heavy atom. The second-order valence-corrected chi connectivity index (χ2v) is 6.66. The van der Waals surface area contributed by atoms with E-state index in [0.717, 1.165) is 27.6 Å². The largest absolute Gasteiger partial charge is 0.377 e. The molecule has 0 aliphatic rings. The summed E-state index contributed by atoms with van der Waals surface area (Å²) in [6.45, 7) is 9.78. The van der Waals surface area contributed by atoms with Gasteiger partial charge in [-0.15, -0.1) is 11.3 Å². The van der Waals surface area contributed by atoms with Crippen molar-refractivity contribution in [1.29, 1.82) is 0 Å². The maximum atomic E-state index is 11.2. The van der Waals surface area contributed by atoms with E-state index in [4.69, 9.17) is 0 Å². The molecule has 5 heteroatoms. The summed E-state index contributed by atoms with van der Waals surface area (Å²) in [6, 6.07) is 5.99. The van der Waals surface area contributed by atoms with Crippen LogP contribution in [0, 0.1) is 20.8 Å². The fraction of sp³-hybridized carbons (Fsp3) is 0.375. The van der Waals surface area contributed by atoms with E-state index in [9.17, 15) is 4.79 Å². The number of rotatable bonds is 4. The summed E-state index contributed by atoms with van der Waals surface area (Å²) in [7, 11) is 0. The van der Waals surface area contributed by atoms with Gasteiger partial charge in [0.05, 0.1) is 16.7 Å². The number of nitrogens with one attached hydrogen (secondary N) is 2. The first-order valence-corrected chi connectivity index (χ1v) is 7.77. The van der Waals surface area contributed by atoms with Gasteiger partial charge in [-0.05, 0) is 45.4 Å². The summed E-state index contributed by atoms with van der Waals surface area (Å²) >= 11 is 1.72. The molecule has 1 amide bonds. The minimum atomic E-state index is -0.0659. The highest BCUT2D eigenvalue weighted by Gasteiger charge is 2.14. The van der Waals surface area contributed by atoms with Crippen LogP contribution in [0.4, 0.5) is 11.4 Å². The van der Waals surface area contributed by atoms with Crippen LogP contribution in [-0.2, 0) is 4.79 Å². The second kappa shape index (κ2) is 6.26. The molecule has 0 saturated heterocycles. The van der Waals surface area contributed by atoms with E-state index in [1.807, 2.05) is 32.0 Å². The second-order valence-electron chi connectivity index (χ2n) is 5.25. The van der Waals surface area contributed by atoms with Gasteiger partial charge in [0.15, 0.2) is 0 Å². The van der Waals surface area contributed by atoms with Gasteiger partial charge in [0.25, 0.3) is 0 Å². The predicted molar refractivity (Wildman–Crippen MR) is 89.1 cm³/mol. The highest BCUT2D eigenvalue weighted by atomic mass is 32.1. The first-order valence-electron chi connectivity index (χ1n) is 6.95. The molecular weight excluding hydrogens is 282 g/mol. The van der Waals surface area contributed by atoms with Crippen LogP contribution in [0.15, 0.2) is 18.2 Å². The Hall–Kier alpha value is -1.88. The molecule has 21 heavy (non-hydrogen) atoms. The van der Waals surface area contributed by atoms with Crippen molar-refractivity contribution in [3.63, 3.8) is 0 Å².